The third kappa shape index (κ3) is 1.49. The fraction of sp³-hybridized carbons (Fsp3) is 0.200. The summed E-state index contributed by atoms with van der Waals surface area (Å²) in [5.74, 6) is 0. The molecule has 1 aromatic carbocycles. The molecule has 2 aromatic rings. The van der Waals surface area contributed by atoms with Crippen molar-refractivity contribution in [2.45, 2.75) is 12.8 Å². The van der Waals surface area contributed by atoms with E-state index in [1.54, 1.807) is 0 Å². The van der Waals surface area contributed by atoms with E-state index >= 15 is 0 Å². The number of allylic oxidation sites excluding steroid dienone is 1. The Balaban J connectivity index is 2.05. The molecule has 16 heavy (non-hydrogen) atoms. The zero-order valence-electron chi connectivity index (χ0n) is 9.48. The second-order valence-corrected chi connectivity index (χ2v) is 4.37. The Morgan fingerprint density at radius 3 is 2.75 bits per heavy atom. The molecule has 1 nitrogen and oxygen atoms in total. The van der Waals surface area contributed by atoms with Gasteiger partial charge in [0, 0.05) is 18.9 Å². The van der Waals surface area contributed by atoms with Gasteiger partial charge in [-0.25, -0.2) is 0 Å². The lowest BCUT2D eigenvalue weighted by atomic mass is 10.1. The number of aryl methyl sites for hydroxylation is 2. The van der Waals surface area contributed by atoms with Gasteiger partial charge in [0.05, 0.1) is 0 Å². The molecule has 0 amide bonds. The predicted molar refractivity (Wildman–Crippen MR) is 68.0 cm³/mol. The van der Waals surface area contributed by atoms with Crippen LogP contribution < -0.4 is 0 Å². The Bertz CT molecular complexity index is 546. The van der Waals surface area contributed by atoms with E-state index in [1.807, 2.05) is 0 Å². The predicted octanol–water partition coefficient (Wildman–Crippen LogP) is 3.51. The number of fused-ring (bicyclic) bond motifs is 1. The van der Waals surface area contributed by atoms with Gasteiger partial charge in [0.25, 0.3) is 0 Å². The van der Waals surface area contributed by atoms with Gasteiger partial charge in [-0.05, 0) is 47.8 Å². The van der Waals surface area contributed by atoms with Crippen molar-refractivity contribution in [3.63, 3.8) is 0 Å². The Hall–Kier alpha value is -1.76. The molecule has 0 saturated heterocycles. The second kappa shape index (κ2) is 3.67. The standard InChI is InChI=1S/C15H15N/c1-16-10-4-6-14(16)11-13-9-8-12-5-2-3-7-15(12)13/h2-7,10-11H,8-9H2,1H3/b13-11+. The third-order valence-corrected chi connectivity index (χ3v) is 3.33. The summed E-state index contributed by atoms with van der Waals surface area (Å²) >= 11 is 0. The molecule has 1 aromatic heterocycles. The molecule has 1 aliphatic rings. The van der Waals surface area contributed by atoms with Crippen LogP contribution in [0, 0.1) is 0 Å². The molecule has 1 aliphatic carbocycles. The van der Waals surface area contributed by atoms with Crippen molar-refractivity contribution in [2.75, 3.05) is 0 Å². The fourth-order valence-corrected chi connectivity index (χ4v) is 2.41. The highest BCUT2D eigenvalue weighted by molar-refractivity contribution is 5.84. The number of benzene rings is 1. The van der Waals surface area contributed by atoms with Crippen LogP contribution in [0.3, 0.4) is 0 Å². The van der Waals surface area contributed by atoms with Crippen molar-refractivity contribution in [3.05, 3.63) is 59.4 Å². The quantitative estimate of drug-likeness (QED) is 0.677. The highest BCUT2D eigenvalue weighted by atomic mass is 14.9. The van der Waals surface area contributed by atoms with Crippen molar-refractivity contribution in [1.29, 1.82) is 0 Å². The lowest BCUT2D eigenvalue weighted by molar-refractivity contribution is 0.914. The van der Waals surface area contributed by atoms with E-state index in [2.05, 4.69) is 60.3 Å². The largest absolute Gasteiger partial charge is 0.351 e. The number of nitrogens with zero attached hydrogens (tertiary/aromatic N) is 1. The van der Waals surface area contributed by atoms with Crippen LogP contribution in [0.1, 0.15) is 23.2 Å². The van der Waals surface area contributed by atoms with Crippen molar-refractivity contribution in [2.24, 2.45) is 7.05 Å². The van der Waals surface area contributed by atoms with Gasteiger partial charge in [0.15, 0.2) is 0 Å². The maximum Gasteiger partial charge on any atom is 0.0406 e. The van der Waals surface area contributed by atoms with Crippen LogP contribution in [0.5, 0.6) is 0 Å². The van der Waals surface area contributed by atoms with E-state index in [1.165, 1.54) is 35.2 Å². The fourth-order valence-electron chi connectivity index (χ4n) is 2.41. The van der Waals surface area contributed by atoms with E-state index in [9.17, 15) is 0 Å². The minimum absolute atomic E-state index is 1.17. The Labute approximate surface area is 96.0 Å². The highest BCUT2D eigenvalue weighted by Gasteiger charge is 2.15. The summed E-state index contributed by atoms with van der Waals surface area (Å²) in [5.41, 5.74) is 5.68. The van der Waals surface area contributed by atoms with Crippen LogP contribution in [0.2, 0.25) is 0 Å². The third-order valence-electron chi connectivity index (χ3n) is 3.33. The lowest BCUT2D eigenvalue weighted by Gasteiger charge is -2.02. The summed E-state index contributed by atoms with van der Waals surface area (Å²) < 4.78 is 2.16. The van der Waals surface area contributed by atoms with E-state index in [0.717, 1.165) is 0 Å². The van der Waals surface area contributed by atoms with Gasteiger partial charge >= 0.3 is 0 Å². The first-order valence-electron chi connectivity index (χ1n) is 5.75. The normalized spacial score (nSPS) is 16.7. The minimum Gasteiger partial charge on any atom is -0.351 e. The molecule has 0 radical (unpaired) electrons. The van der Waals surface area contributed by atoms with E-state index in [4.69, 9.17) is 0 Å². The zero-order valence-corrected chi connectivity index (χ0v) is 9.48. The number of hydrogen-bond acceptors (Lipinski definition) is 0. The van der Waals surface area contributed by atoms with Crippen LogP contribution in [-0.2, 0) is 13.5 Å². The molecule has 1 heterocycles. The summed E-state index contributed by atoms with van der Waals surface area (Å²) in [4.78, 5) is 0. The first-order valence-corrected chi connectivity index (χ1v) is 5.75. The van der Waals surface area contributed by atoms with E-state index in [0.29, 0.717) is 0 Å². The van der Waals surface area contributed by atoms with Crippen LogP contribution in [0.4, 0.5) is 0 Å². The van der Waals surface area contributed by atoms with E-state index in [-0.39, 0.29) is 0 Å². The molecule has 0 bridgehead atoms. The van der Waals surface area contributed by atoms with Crippen molar-refractivity contribution in [3.8, 4) is 0 Å². The molecule has 1 heteroatoms. The molecular weight excluding hydrogens is 194 g/mol. The minimum atomic E-state index is 1.17. The summed E-state index contributed by atoms with van der Waals surface area (Å²) in [6.45, 7) is 0. The van der Waals surface area contributed by atoms with Crippen LogP contribution in [0.15, 0.2) is 42.6 Å². The molecule has 0 unspecified atom stereocenters. The Kier molecular flexibility index (Phi) is 2.17. The summed E-state index contributed by atoms with van der Waals surface area (Å²) in [6, 6.07) is 13.0. The summed E-state index contributed by atoms with van der Waals surface area (Å²) in [6.07, 6.45) is 6.76. The number of rotatable bonds is 1. The molecule has 0 saturated carbocycles. The summed E-state index contributed by atoms with van der Waals surface area (Å²) in [5, 5.41) is 0. The van der Waals surface area contributed by atoms with Gasteiger partial charge in [-0.1, -0.05) is 24.3 Å². The van der Waals surface area contributed by atoms with Crippen LogP contribution >= 0.6 is 0 Å². The lowest BCUT2D eigenvalue weighted by Crippen LogP contribution is -1.88. The number of hydrogen-bond donors (Lipinski definition) is 0. The average Bonchev–Trinajstić information content (AvgIpc) is 2.88. The summed E-state index contributed by atoms with van der Waals surface area (Å²) in [7, 11) is 2.09. The van der Waals surface area contributed by atoms with Crippen molar-refractivity contribution >= 4 is 11.6 Å². The Morgan fingerprint density at radius 1 is 1.06 bits per heavy atom. The van der Waals surface area contributed by atoms with Crippen molar-refractivity contribution < 1.29 is 0 Å². The molecule has 3 rings (SSSR count). The Morgan fingerprint density at radius 2 is 1.94 bits per heavy atom. The molecule has 0 fully saturated rings. The van der Waals surface area contributed by atoms with Gasteiger partial charge in [0.1, 0.15) is 0 Å². The number of aromatic nitrogens is 1. The average molecular weight is 209 g/mol. The van der Waals surface area contributed by atoms with Crippen LogP contribution in [0.25, 0.3) is 11.6 Å². The first-order chi connectivity index (χ1) is 7.84. The molecule has 0 N–H and O–H groups in total. The first kappa shape index (κ1) is 9.46. The molecule has 80 valence electrons. The maximum absolute atomic E-state index is 2.31. The van der Waals surface area contributed by atoms with Crippen molar-refractivity contribution in [1.82, 2.24) is 4.57 Å². The highest BCUT2D eigenvalue weighted by Crippen LogP contribution is 2.33. The monoisotopic (exact) mass is 209 g/mol. The molecular formula is C15H15N. The SMILES string of the molecule is Cn1cccc1/C=C1\CCc2ccccc21. The smallest absolute Gasteiger partial charge is 0.0406 e. The maximum atomic E-state index is 2.31. The zero-order chi connectivity index (χ0) is 11.0. The van der Waals surface area contributed by atoms with Gasteiger partial charge in [0.2, 0.25) is 0 Å². The second-order valence-electron chi connectivity index (χ2n) is 4.37. The van der Waals surface area contributed by atoms with Gasteiger partial charge in [-0.2, -0.15) is 0 Å². The van der Waals surface area contributed by atoms with Gasteiger partial charge in [-0.15, -0.1) is 0 Å². The van der Waals surface area contributed by atoms with Gasteiger partial charge < -0.3 is 4.57 Å². The van der Waals surface area contributed by atoms with Gasteiger partial charge in [-0.3, -0.25) is 0 Å². The molecule has 0 spiro atoms. The van der Waals surface area contributed by atoms with E-state index < -0.39 is 0 Å². The molecule has 0 aliphatic heterocycles. The topological polar surface area (TPSA) is 4.93 Å². The molecule has 0 atom stereocenters. The van der Waals surface area contributed by atoms with Crippen LogP contribution in [-0.4, -0.2) is 4.57 Å².